The minimum absolute atomic E-state index is 0.192. The zero-order valence-corrected chi connectivity index (χ0v) is 9.97. The molecule has 0 amide bonds. The van der Waals surface area contributed by atoms with Crippen molar-refractivity contribution in [2.24, 2.45) is 0 Å². The Kier molecular flexibility index (Phi) is 4.15. The quantitative estimate of drug-likeness (QED) is 0.840. The zero-order valence-electron chi connectivity index (χ0n) is 9.16. The number of hydrogen-bond donors (Lipinski definition) is 1. The third-order valence-electron chi connectivity index (χ3n) is 2.09. The fourth-order valence-corrected chi connectivity index (χ4v) is 2.45. The number of anilines is 1. The average Bonchev–Trinajstić information content (AvgIpc) is 2.18. The molecule has 4 heteroatoms. The predicted octanol–water partition coefficient (Wildman–Crippen LogP) is 2.54. The van der Waals surface area contributed by atoms with E-state index in [2.05, 4.69) is 4.72 Å². The number of benzene rings is 1. The SMILES string of the molecule is CCCCS(=O)(=O)Nc1ccc(C)cc1. The van der Waals surface area contributed by atoms with Crippen LogP contribution in [0.2, 0.25) is 0 Å². The molecule has 0 heterocycles. The van der Waals surface area contributed by atoms with Gasteiger partial charge >= 0.3 is 0 Å². The lowest BCUT2D eigenvalue weighted by atomic mass is 10.2. The first-order chi connectivity index (χ1) is 7.03. The predicted molar refractivity (Wildman–Crippen MR) is 63.5 cm³/mol. The molecule has 0 aromatic heterocycles. The maximum Gasteiger partial charge on any atom is 0.232 e. The molecule has 0 aliphatic carbocycles. The molecule has 0 saturated heterocycles. The van der Waals surface area contributed by atoms with E-state index < -0.39 is 10.0 Å². The Balaban J connectivity index is 2.65. The van der Waals surface area contributed by atoms with Crippen LogP contribution in [0.4, 0.5) is 5.69 Å². The highest BCUT2D eigenvalue weighted by Gasteiger charge is 2.08. The molecule has 0 unspecified atom stereocenters. The molecule has 0 bridgehead atoms. The van der Waals surface area contributed by atoms with Gasteiger partial charge in [0.25, 0.3) is 0 Å². The Bertz CT molecular complexity index is 395. The third kappa shape index (κ3) is 4.34. The van der Waals surface area contributed by atoms with Crippen LogP contribution >= 0.6 is 0 Å². The van der Waals surface area contributed by atoms with Crippen molar-refractivity contribution in [2.75, 3.05) is 10.5 Å². The normalized spacial score (nSPS) is 11.3. The van der Waals surface area contributed by atoms with Crippen molar-refractivity contribution in [1.29, 1.82) is 0 Å². The fraction of sp³-hybridized carbons (Fsp3) is 0.455. The minimum atomic E-state index is -3.16. The summed E-state index contributed by atoms with van der Waals surface area (Å²) in [5.41, 5.74) is 1.75. The van der Waals surface area contributed by atoms with E-state index in [0.717, 1.165) is 12.0 Å². The van der Waals surface area contributed by atoms with Gasteiger partial charge in [-0.15, -0.1) is 0 Å². The van der Waals surface area contributed by atoms with Crippen molar-refractivity contribution in [3.63, 3.8) is 0 Å². The van der Waals surface area contributed by atoms with Crippen LogP contribution in [0.25, 0.3) is 0 Å². The van der Waals surface area contributed by atoms with Gasteiger partial charge in [-0.05, 0) is 25.5 Å². The summed E-state index contributed by atoms with van der Waals surface area (Å²) in [6.45, 7) is 3.94. The Hall–Kier alpha value is -1.03. The van der Waals surface area contributed by atoms with E-state index in [-0.39, 0.29) is 5.75 Å². The van der Waals surface area contributed by atoms with E-state index in [4.69, 9.17) is 0 Å². The number of hydrogen-bond acceptors (Lipinski definition) is 2. The van der Waals surface area contributed by atoms with Crippen molar-refractivity contribution in [2.45, 2.75) is 26.7 Å². The van der Waals surface area contributed by atoms with Crippen LogP contribution in [0.3, 0.4) is 0 Å². The summed E-state index contributed by atoms with van der Waals surface area (Å²) in [7, 11) is -3.16. The molecule has 0 aliphatic heterocycles. The zero-order chi connectivity index (χ0) is 11.3. The van der Waals surface area contributed by atoms with E-state index in [1.807, 2.05) is 26.0 Å². The summed E-state index contributed by atoms with van der Waals surface area (Å²) in [5, 5.41) is 0. The molecular formula is C11H17NO2S. The van der Waals surface area contributed by atoms with Crippen molar-refractivity contribution in [1.82, 2.24) is 0 Å². The van der Waals surface area contributed by atoms with Gasteiger partial charge in [-0.25, -0.2) is 8.42 Å². The molecule has 0 atom stereocenters. The van der Waals surface area contributed by atoms with E-state index >= 15 is 0 Å². The van der Waals surface area contributed by atoms with Gasteiger partial charge in [0.05, 0.1) is 5.75 Å². The van der Waals surface area contributed by atoms with Crippen LogP contribution in [0.5, 0.6) is 0 Å². The summed E-state index contributed by atoms with van der Waals surface area (Å²) in [5.74, 6) is 0.192. The van der Waals surface area contributed by atoms with Gasteiger partial charge in [0.2, 0.25) is 10.0 Å². The first-order valence-electron chi connectivity index (χ1n) is 5.10. The first kappa shape index (κ1) is 12.0. The van der Waals surface area contributed by atoms with Gasteiger partial charge in [-0.2, -0.15) is 0 Å². The lowest BCUT2D eigenvalue weighted by Crippen LogP contribution is -2.16. The largest absolute Gasteiger partial charge is 0.284 e. The van der Waals surface area contributed by atoms with E-state index in [0.29, 0.717) is 12.1 Å². The van der Waals surface area contributed by atoms with E-state index in [1.165, 1.54) is 0 Å². The van der Waals surface area contributed by atoms with Gasteiger partial charge in [-0.3, -0.25) is 4.72 Å². The van der Waals surface area contributed by atoms with Crippen LogP contribution < -0.4 is 4.72 Å². The molecule has 15 heavy (non-hydrogen) atoms. The van der Waals surface area contributed by atoms with Crippen LogP contribution in [0, 0.1) is 6.92 Å². The number of rotatable bonds is 5. The highest BCUT2D eigenvalue weighted by atomic mass is 32.2. The summed E-state index contributed by atoms with van der Waals surface area (Å²) < 4.78 is 25.6. The van der Waals surface area contributed by atoms with Gasteiger partial charge < -0.3 is 0 Å². The van der Waals surface area contributed by atoms with E-state index in [1.54, 1.807) is 12.1 Å². The van der Waals surface area contributed by atoms with Crippen LogP contribution in [-0.4, -0.2) is 14.2 Å². The Morgan fingerprint density at radius 1 is 1.20 bits per heavy atom. The monoisotopic (exact) mass is 227 g/mol. The summed E-state index contributed by atoms with van der Waals surface area (Å²) in [6, 6.07) is 7.33. The molecule has 0 saturated carbocycles. The number of nitrogens with one attached hydrogen (secondary N) is 1. The summed E-state index contributed by atoms with van der Waals surface area (Å²) >= 11 is 0. The second kappa shape index (κ2) is 5.16. The maximum atomic E-state index is 11.5. The lowest BCUT2D eigenvalue weighted by molar-refractivity contribution is 0.598. The van der Waals surface area contributed by atoms with Crippen molar-refractivity contribution in [3.8, 4) is 0 Å². The average molecular weight is 227 g/mol. The third-order valence-corrected chi connectivity index (χ3v) is 3.46. The molecule has 0 fully saturated rings. The standard InChI is InChI=1S/C11H17NO2S/c1-3-4-9-15(13,14)12-11-7-5-10(2)6-8-11/h5-8,12H,3-4,9H2,1-2H3. The number of unbranched alkanes of at least 4 members (excludes halogenated alkanes) is 1. The molecule has 0 spiro atoms. The van der Waals surface area contributed by atoms with Gasteiger partial charge in [0.15, 0.2) is 0 Å². The molecule has 1 aromatic carbocycles. The molecule has 1 N–H and O–H groups in total. The number of aryl methyl sites for hydroxylation is 1. The second-order valence-electron chi connectivity index (χ2n) is 3.64. The minimum Gasteiger partial charge on any atom is -0.284 e. The molecule has 1 aromatic rings. The topological polar surface area (TPSA) is 46.2 Å². The Morgan fingerprint density at radius 3 is 2.33 bits per heavy atom. The van der Waals surface area contributed by atoms with E-state index in [9.17, 15) is 8.42 Å². The van der Waals surface area contributed by atoms with Gasteiger partial charge in [0, 0.05) is 5.69 Å². The van der Waals surface area contributed by atoms with Crippen molar-refractivity contribution in [3.05, 3.63) is 29.8 Å². The molecule has 1 rings (SSSR count). The van der Waals surface area contributed by atoms with Crippen molar-refractivity contribution >= 4 is 15.7 Å². The second-order valence-corrected chi connectivity index (χ2v) is 5.48. The summed E-state index contributed by atoms with van der Waals surface area (Å²) in [4.78, 5) is 0. The maximum absolute atomic E-state index is 11.5. The molecular weight excluding hydrogens is 210 g/mol. The molecule has 0 radical (unpaired) electrons. The Labute approximate surface area is 91.6 Å². The van der Waals surface area contributed by atoms with Gasteiger partial charge in [0.1, 0.15) is 0 Å². The number of sulfonamides is 1. The Morgan fingerprint density at radius 2 is 1.80 bits per heavy atom. The van der Waals surface area contributed by atoms with Crippen LogP contribution in [0.15, 0.2) is 24.3 Å². The highest BCUT2D eigenvalue weighted by molar-refractivity contribution is 7.92. The fourth-order valence-electron chi connectivity index (χ4n) is 1.19. The molecule has 84 valence electrons. The molecule has 3 nitrogen and oxygen atoms in total. The smallest absolute Gasteiger partial charge is 0.232 e. The summed E-state index contributed by atoms with van der Waals surface area (Å²) in [6.07, 6.45) is 1.58. The van der Waals surface area contributed by atoms with Crippen molar-refractivity contribution < 1.29 is 8.42 Å². The first-order valence-corrected chi connectivity index (χ1v) is 6.76. The molecule has 0 aliphatic rings. The lowest BCUT2D eigenvalue weighted by Gasteiger charge is -2.07. The highest BCUT2D eigenvalue weighted by Crippen LogP contribution is 2.11. The van der Waals surface area contributed by atoms with Crippen LogP contribution in [-0.2, 0) is 10.0 Å². The van der Waals surface area contributed by atoms with Crippen LogP contribution in [0.1, 0.15) is 25.3 Å². The van der Waals surface area contributed by atoms with Gasteiger partial charge in [-0.1, -0.05) is 31.0 Å².